The maximum absolute atomic E-state index is 13.1. The Morgan fingerprint density at radius 3 is 2.60 bits per heavy atom. The number of ether oxygens (including phenoxy) is 1. The van der Waals surface area contributed by atoms with Gasteiger partial charge in [0.2, 0.25) is 11.8 Å². The fourth-order valence-corrected chi connectivity index (χ4v) is 6.32. The zero-order chi connectivity index (χ0) is 29.5. The van der Waals surface area contributed by atoms with Crippen molar-refractivity contribution >= 4 is 35.1 Å². The van der Waals surface area contributed by atoms with Crippen LogP contribution in [0.5, 0.6) is 0 Å². The molecule has 1 aliphatic carbocycles. The smallest absolute Gasteiger partial charge is 0.262 e. The van der Waals surface area contributed by atoms with Crippen LogP contribution in [0, 0.1) is 5.92 Å². The second-order valence-corrected chi connectivity index (χ2v) is 11.7. The molecule has 4 amide bonds. The predicted molar refractivity (Wildman–Crippen MR) is 156 cm³/mol. The molecule has 1 aromatic carbocycles. The van der Waals surface area contributed by atoms with Gasteiger partial charge in [0, 0.05) is 49.7 Å². The molecule has 4 aliphatic rings. The largest absolute Gasteiger partial charge is 0.385 e. The highest BCUT2D eigenvalue weighted by atomic mass is 16.5. The van der Waals surface area contributed by atoms with E-state index in [4.69, 9.17) is 9.72 Å². The SMILES string of the molecule is O=C1CCC(N2C(=O)c3ccc(NC[C@H]4C[C@H](n5cc(-c6cccc(NC7CCOCC7)n6)cn5)C4)cc3C2=O)C(=O)N1. The Kier molecular flexibility index (Phi) is 7.13. The van der Waals surface area contributed by atoms with Crippen molar-refractivity contribution in [3.63, 3.8) is 0 Å². The van der Waals surface area contributed by atoms with E-state index < -0.39 is 29.7 Å². The molecule has 1 unspecified atom stereocenters. The van der Waals surface area contributed by atoms with Gasteiger partial charge in [0.05, 0.1) is 29.1 Å². The molecule has 222 valence electrons. The highest BCUT2D eigenvalue weighted by Crippen LogP contribution is 2.38. The molecule has 3 aliphatic heterocycles. The molecular weight excluding hydrogens is 550 g/mol. The van der Waals surface area contributed by atoms with Crippen LogP contribution in [0.2, 0.25) is 0 Å². The molecular formula is C31H33N7O5. The molecule has 1 saturated carbocycles. The van der Waals surface area contributed by atoms with Crippen molar-refractivity contribution in [1.82, 2.24) is 25.0 Å². The highest BCUT2D eigenvalue weighted by molar-refractivity contribution is 6.23. The molecule has 1 atom stereocenters. The van der Waals surface area contributed by atoms with Gasteiger partial charge in [-0.25, -0.2) is 4.98 Å². The summed E-state index contributed by atoms with van der Waals surface area (Å²) in [6, 6.07) is 10.8. The number of hydrogen-bond acceptors (Lipinski definition) is 9. The number of benzene rings is 1. The van der Waals surface area contributed by atoms with Gasteiger partial charge in [-0.1, -0.05) is 6.07 Å². The lowest BCUT2D eigenvalue weighted by Gasteiger charge is -2.35. The van der Waals surface area contributed by atoms with Crippen molar-refractivity contribution < 1.29 is 23.9 Å². The van der Waals surface area contributed by atoms with Gasteiger partial charge in [-0.15, -0.1) is 0 Å². The predicted octanol–water partition coefficient (Wildman–Crippen LogP) is 3.00. The van der Waals surface area contributed by atoms with E-state index in [1.807, 2.05) is 29.1 Å². The number of hydrogen-bond donors (Lipinski definition) is 3. The lowest BCUT2D eigenvalue weighted by Crippen LogP contribution is -2.54. The van der Waals surface area contributed by atoms with Crippen LogP contribution in [-0.2, 0) is 14.3 Å². The van der Waals surface area contributed by atoms with Crippen LogP contribution in [0.1, 0.15) is 65.3 Å². The Labute approximate surface area is 248 Å². The van der Waals surface area contributed by atoms with Crippen LogP contribution in [0.3, 0.4) is 0 Å². The van der Waals surface area contributed by atoms with Gasteiger partial charge in [0.1, 0.15) is 11.9 Å². The molecule has 3 aromatic rings. The Balaban J connectivity index is 0.927. The normalized spacial score (nSPS) is 24.0. The van der Waals surface area contributed by atoms with Crippen molar-refractivity contribution in [2.75, 3.05) is 30.4 Å². The van der Waals surface area contributed by atoms with Crippen LogP contribution in [0.15, 0.2) is 48.8 Å². The summed E-state index contributed by atoms with van der Waals surface area (Å²) in [5, 5.41) is 13.8. The minimum Gasteiger partial charge on any atom is -0.385 e. The lowest BCUT2D eigenvalue weighted by molar-refractivity contribution is -0.136. The number of piperidine rings is 1. The number of imide groups is 2. The molecule has 5 heterocycles. The number of carbonyl (C=O) groups excluding carboxylic acids is 4. The number of carbonyl (C=O) groups is 4. The fourth-order valence-electron chi connectivity index (χ4n) is 6.32. The van der Waals surface area contributed by atoms with E-state index in [9.17, 15) is 19.2 Å². The van der Waals surface area contributed by atoms with Crippen molar-refractivity contribution in [1.29, 1.82) is 0 Å². The van der Waals surface area contributed by atoms with E-state index in [0.29, 0.717) is 18.0 Å². The molecule has 43 heavy (non-hydrogen) atoms. The fraction of sp³-hybridized carbons (Fsp3) is 0.419. The number of fused-ring (bicyclic) bond motifs is 1. The van der Waals surface area contributed by atoms with E-state index in [1.54, 1.807) is 18.2 Å². The summed E-state index contributed by atoms with van der Waals surface area (Å²) >= 11 is 0. The second-order valence-electron chi connectivity index (χ2n) is 11.7. The van der Waals surface area contributed by atoms with Gasteiger partial charge in [0.15, 0.2) is 0 Å². The van der Waals surface area contributed by atoms with Crippen molar-refractivity contribution in [3.05, 3.63) is 59.9 Å². The molecule has 0 bridgehead atoms. The average Bonchev–Trinajstić information content (AvgIpc) is 3.56. The zero-order valence-electron chi connectivity index (χ0n) is 23.6. The number of rotatable bonds is 8. The number of pyridine rings is 1. The molecule has 0 spiro atoms. The Morgan fingerprint density at radius 2 is 1.79 bits per heavy atom. The molecule has 0 radical (unpaired) electrons. The van der Waals surface area contributed by atoms with Crippen LogP contribution >= 0.6 is 0 Å². The molecule has 2 aromatic heterocycles. The first-order valence-electron chi connectivity index (χ1n) is 14.9. The quantitative estimate of drug-likeness (QED) is 0.341. The topological polar surface area (TPSA) is 148 Å². The van der Waals surface area contributed by atoms with Gasteiger partial charge in [0.25, 0.3) is 11.8 Å². The number of nitrogens with zero attached hydrogens (tertiary/aromatic N) is 4. The van der Waals surface area contributed by atoms with E-state index in [0.717, 1.165) is 73.1 Å². The van der Waals surface area contributed by atoms with Crippen LogP contribution in [0.25, 0.3) is 11.3 Å². The van der Waals surface area contributed by atoms with E-state index >= 15 is 0 Å². The first kappa shape index (κ1) is 27.3. The summed E-state index contributed by atoms with van der Waals surface area (Å²) in [5.74, 6) is -0.701. The maximum atomic E-state index is 13.1. The minimum atomic E-state index is -0.968. The number of nitrogens with one attached hydrogen (secondary N) is 3. The first-order valence-corrected chi connectivity index (χ1v) is 14.9. The van der Waals surface area contributed by atoms with Gasteiger partial charge in [-0.2, -0.15) is 5.10 Å². The number of anilines is 2. The van der Waals surface area contributed by atoms with E-state index in [1.165, 1.54) is 0 Å². The molecule has 12 heteroatoms. The lowest BCUT2D eigenvalue weighted by atomic mass is 9.80. The monoisotopic (exact) mass is 583 g/mol. The third-order valence-electron chi connectivity index (χ3n) is 8.84. The summed E-state index contributed by atoms with van der Waals surface area (Å²) in [6.45, 7) is 2.28. The first-order chi connectivity index (χ1) is 20.9. The van der Waals surface area contributed by atoms with Crippen molar-refractivity contribution in [2.24, 2.45) is 5.92 Å². The van der Waals surface area contributed by atoms with E-state index in [-0.39, 0.29) is 24.0 Å². The number of aromatic nitrogens is 3. The van der Waals surface area contributed by atoms with E-state index in [2.05, 4.69) is 27.2 Å². The third-order valence-corrected chi connectivity index (χ3v) is 8.84. The number of amides is 4. The standard InChI is InChI=1S/C31H33N7O5/c39-28-7-6-26(29(40)36-28)38-30(41)23-5-4-21(14-24(23)31(38)42)32-15-18-12-22(13-18)37-17-19(16-33-37)25-2-1-3-27(35-25)34-20-8-10-43-11-9-20/h1-5,14,16-18,20,22,26,32H,6-13,15H2,(H,34,35)(H,36,39,40)/t18-,22-,26?. The summed E-state index contributed by atoms with van der Waals surface area (Å²) < 4.78 is 7.47. The van der Waals surface area contributed by atoms with Crippen LogP contribution in [0.4, 0.5) is 11.5 Å². The Hall–Kier alpha value is -4.58. The van der Waals surface area contributed by atoms with Crippen LogP contribution < -0.4 is 16.0 Å². The zero-order valence-corrected chi connectivity index (χ0v) is 23.6. The van der Waals surface area contributed by atoms with Gasteiger partial charge in [-0.05, 0) is 68.4 Å². The molecule has 3 N–H and O–H groups in total. The third kappa shape index (κ3) is 5.38. The summed E-state index contributed by atoms with van der Waals surface area (Å²) in [4.78, 5) is 55.6. The molecule has 3 fully saturated rings. The van der Waals surface area contributed by atoms with Crippen molar-refractivity contribution in [2.45, 2.75) is 56.7 Å². The van der Waals surface area contributed by atoms with Crippen LogP contribution in [-0.4, -0.2) is 75.1 Å². The summed E-state index contributed by atoms with van der Waals surface area (Å²) in [5.41, 5.74) is 3.17. The molecule has 7 rings (SSSR count). The minimum absolute atomic E-state index is 0.0945. The Morgan fingerprint density at radius 1 is 0.977 bits per heavy atom. The highest BCUT2D eigenvalue weighted by Gasteiger charge is 2.44. The van der Waals surface area contributed by atoms with Crippen molar-refractivity contribution in [3.8, 4) is 11.3 Å². The molecule has 2 saturated heterocycles. The van der Waals surface area contributed by atoms with Gasteiger partial charge in [-0.3, -0.25) is 34.1 Å². The van der Waals surface area contributed by atoms with Gasteiger partial charge >= 0.3 is 0 Å². The second kappa shape index (κ2) is 11.3. The summed E-state index contributed by atoms with van der Waals surface area (Å²) in [7, 11) is 0. The van der Waals surface area contributed by atoms with Gasteiger partial charge < -0.3 is 15.4 Å². The summed E-state index contributed by atoms with van der Waals surface area (Å²) in [6.07, 6.45) is 8.07. The maximum Gasteiger partial charge on any atom is 0.262 e. The Bertz CT molecular complexity index is 1590. The molecule has 12 nitrogen and oxygen atoms in total. The average molecular weight is 584 g/mol.